The third-order valence-corrected chi connectivity index (χ3v) is 2.36. The van der Waals surface area contributed by atoms with Gasteiger partial charge in [-0.3, -0.25) is 5.10 Å². The molecule has 0 aromatic carbocycles. The largest absolute Gasteiger partial charge is 0.304 e. The minimum absolute atomic E-state index is 0.769. The summed E-state index contributed by atoms with van der Waals surface area (Å²) in [4.78, 5) is 6.29. The molecule has 1 N–H and O–H groups in total. The SMILES string of the molecule is CN(C)Cc1[nH]nc2ncc(Br)cc12. The average Bonchev–Trinajstić information content (AvgIpc) is 2.47. The van der Waals surface area contributed by atoms with Crippen LogP contribution in [-0.2, 0) is 6.54 Å². The summed E-state index contributed by atoms with van der Waals surface area (Å²) in [6.45, 7) is 0.842. The van der Waals surface area contributed by atoms with Gasteiger partial charge in [0.2, 0.25) is 0 Å². The van der Waals surface area contributed by atoms with E-state index in [1.165, 1.54) is 0 Å². The number of nitrogens with zero attached hydrogens (tertiary/aromatic N) is 3. The first-order valence-electron chi connectivity index (χ1n) is 4.30. The number of aromatic nitrogens is 3. The second-order valence-electron chi connectivity index (χ2n) is 3.46. The maximum absolute atomic E-state index is 4.20. The fourth-order valence-electron chi connectivity index (χ4n) is 1.36. The fourth-order valence-corrected chi connectivity index (χ4v) is 1.69. The van der Waals surface area contributed by atoms with E-state index < -0.39 is 0 Å². The van der Waals surface area contributed by atoms with Gasteiger partial charge in [0.05, 0.1) is 5.69 Å². The molecule has 0 aliphatic heterocycles. The van der Waals surface area contributed by atoms with Gasteiger partial charge in [-0.2, -0.15) is 5.10 Å². The lowest BCUT2D eigenvalue weighted by molar-refractivity contribution is 0.398. The summed E-state index contributed by atoms with van der Waals surface area (Å²) < 4.78 is 0.978. The standard InChI is InChI=1S/C9H11BrN4/c1-14(2)5-8-7-3-6(10)4-11-9(7)13-12-8/h3-4H,5H2,1-2H3,(H,11,12,13). The van der Waals surface area contributed by atoms with Gasteiger partial charge in [0, 0.05) is 22.6 Å². The quantitative estimate of drug-likeness (QED) is 0.889. The molecular weight excluding hydrogens is 244 g/mol. The van der Waals surface area contributed by atoms with Gasteiger partial charge < -0.3 is 4.90 Å². The summed E-state index contributed by atoms with van der Waals surface area (Å²) in [5.41, 5.74) is 1.86. The van der Waals surface area contributed by atoms with E-state index in [-0.39, 0.29) is 0 Å². The van der Waals surface area contributed by atoms with Crippen LogP contribution in [0, 0.1) is 0 Å². The zero-order valence-corrected chi connectivity index (χ0v) is 9.67. The van der Waals surface area contributed by atoms with Crippen LogP contribution < -0.4 is 0 Å². The lowest BCUT2D eigenvalue weighted by atomic mass is 10.2. The van der Waals surface area contributed by atoms with Crippen molar-refractivity contribution in [1.82, 2.24) is 20.1 Å². The number of halogens is 1. The van der Waals surface area contributed by atoms with Crippen LogP contribution in [0.2, 0.25) is 0 Å². The molecule has 2 aromatic rings. The van der Waals surface area contributed by atoms with Crippen molar-refractivity contribution < 1.29 is 0 Å². The van der Waals surface area contributed by atoms with Crippen LogP contribution >= 0.6 is 15.9 Å². The molecule has 0 atom stereocenters. The van der Waals surface area contributed by atoms with E-state index in [2.05, 4.69) is 36.0 Å². The Morgan fingerprint density at radius 1 is 1.50 bits per heavy atom. The highest BCUT2D eigenvalue weighted by molar-refractivity contribution is 9.10. The smallest absolute Gasteiger partial charge is 0.181 e. The van der Waals surface area contributed by atoms with Gasteiger partial charge >= 0.3 is 0 Å². The molecule has 5 heteroatoms. The molecule has 2 aromatic heterocycles. The van der Waals surface area contributed by atoms with E-state index in [4.69, 9.17) is 0 Å². The molecule has 0 fully saturated rings. The van der Waals surface area contributed by atoms with Crippen LogP contribution in [0.5, 0.6) is 0 Å². The predicted molar refractivity (Wildman–Crippen MR) is 59.0 cm³/mol. The number of hydrogen-bond acceptors (Lipinski definition) is 3. The highest BCUT2D eigenvalue weighted by Gasteiger charge is 2.07. The monoisotopic (exact) mass is 254 g/mol. The number of rotatable bonds is 2. The molecule has 0 amide bonds. The van der Waals surface area contributed by atoms with E-state index in [9.17, 15) is 0 Å². The number of aromatic amines is 1. The minimum atomic E-state index is 0.769. The van der Waals surface area contributed by atoms with Crippen molar-refractivity contribution >= 4 is 27.0 Å². The molecule has 4 nitrogen and oxygen atoms in total. The van der Waals surface area contributed by atoms with Crippen molar-refractivity contribution in [2.45, 2.75) is 6.54 Å². The van der Waals surface area contributed by atoms with Crippen LogP contribution in [0.25, 0.3) is 11.0 Å². The van der Waals surface area contributed by atoms with Gasteiger partial charge in [0.25, 0.3) is 0 Å². The molecule has 2 heterocycles. The molecule has 0 radical (unpaired) electrons. The molecular formula is C9H11BrN4. The molecule has 0 bridgehead atoms. The third-order valence-electron chi connectivity index (χ3n) is 1.93. The molecule has 0 saturated heterocycles. The molecule has 2 rings (SSSR count). The molecule has 74 valence electrons. The van der Waals surface area contributed by atoms with Crippen LogP contribution in [-0.4, -0.2) is 34.2 Å². The second kappa shape index (κ2) is 3.67. The number of hydrogen-bond donors (Lipinski definition) is 1. The van der Waals surface area contributed by atoms with Crippen LogP contribution in [0.4, 0.5) is 0 Å². The van der Waals surface area contributed by atoms with E-state index in [0.29, 0.717) is 0 Å². The van der Waals surface area contributed by atoms with Crippen molar-refractivity contribution in [3.63, 3.8) is 0 Å². The summed E-state index contributed by atoms with van der Waals surface area (Å²) in [6.07, 6.45) is 1.75. The van der Waals surface area contributed by atoms with Gasteiger partial charge in [-0.25, -0.2) is 4.98 Å². The van der Waals surface area contributed by atoms with Crippen molar-refractivity contribution in [2.75, 3.05) is 14.1 Å². The first-order valence-corrected chi connectivity index (χ1v) is 5.09. The Hall–Kier alpha value is -0.940. The molecule has 0 aliphatic rings. The summed E-state index contributed by atoms with van der Waals surface area (Å²) in [5.74, 6) is 0. The van der Waals surface area contributed by atoms with Crippen LogP contribution in [0.15, 0.2) is 16.7 Å². The lowest BCUT2D eigenvalue weighted by Gasteiger charge is -2.06. The van der Waals surface area contributed by atoms with Crippen LogP contribution in [0.3, 0.4) is 0 Å². The number of pyridine rings is 1. The third kappa shape index (κ3) is 1.78. The normalized spacial score (nSPS) is 11.4. The molecule has 14 heavy (non-hydrogen) atoms. The predicted octanol–water partition coefficient (Wildman–Crippen LogP) is 1.78. The fraction of sp³-hybridized carbons (Fsp3) is 0.333. The van der Waals surface area contributed by atoms with Crippen LogP contribution in [0.1, 0.15) is 5.69 Å². The molecule has 0 aliphatic carbocycles. The van der Waals surface area contributed by atoms with Crippen molar-refractivity contribution in [3.05, 3.63) is 22.4 Å². The highest BCUT2D eigenvalue weighted by atomic mass is 79.9. The number of nitrogens with one attached hydrogen (secondary N) is 1. The van der Waals surface area contributed by atoms with Crippen molar-refractivity contribution in [2.24, 2.45) is 0 Å². The van der Waals surface area contributed by atoms with Crippen molar-refractivity contribution in [3.8, 4) is 0 Å². The number of H-pyrrole nitrogens is 1. The minimum Gasteiger partial charge on any atom is -0.304 e. The Kier molecular flexibility index (Phi) is 2.52. The molecule has 0 spiro atoms. The summed E-state index contributed by atoms with van der Waals surface area (Å²) in [6, 6.07) is 2.03. The zero-order valence-electron chi connectivity index (χ0n) is 8.08. The Balaban J connectivity index is 2.50. The van der Waals surface area contributed by atoms with E-state index in [1.807, 2.05) is 20.2 Å². The summed E-state index contributed by atoms with van der Waals surface area (Å²) >= 11 is 3.40. The Morgan fingerprint density at radius 2 is 2.29 bits per heavy atom. The van der Waals surface area contributed by atoms with Gasteiger partial charge in [-0.15, -0.1) is 0 Å². The van der Waals surface area contributed by atoms with E-state index in [0.717, 1.165) is 27.7 Å². The molecule has 0 saturated carbocycles. The summed E-state index contributed by atoms with van der Waals surface area (Å²) in [7, 11) is 4.05. The average molecular weight is 255 g/mol. The summed E-state index contributed by atoms with van der Waals surface area (Å²) in [5, 5.41) is 8.20. The topological polar surface area (TPSA) is 44.8 Å². The van der Waals surface area contributed by atoms with Gasteiger partial charge in [-0.05, 0) is 36.1 Å². The van der Waals surface area contributed by atoms with Gasteiger partial charge in [-0.1, -0.05) is 0 Å². The number of fused-ring (bicyclic) bond motifs is 1. The highest BCUT2D eigenvalue weighted by Crippen LogP contribution is 2.19. The Bertz CT molecular complexity index is 449. The molecule has 0 unspecified atom stereocenters. The maximum Gasteiger partial charge on any atom is 0.181 e. The first kappa shape index (κ1) is 9.61. The second-order valence-corrected chi connectivity index (χ2v) is 4.38. The first-order chi connectivity index (χ1) is 6.66. The zero-order chi connectivity index (χ0) is 10.1. The van der Waals surface area contributed by atoms with E-state index >= 15 is 0 Å². The van der Waals surface area contributed by atoms with Gasteiger partial charge in [0.15, 0.2) is 5.65 Å². The Labute approximate surface area is 90.5 Å². The van der Waals surface area contributed by atoms with Gasteiger partial charge in [0.1, 0.15) is 0 Å². The Morgan fingerprint density at radius 3 is 3.00 bits per heavy atom. The van der Waals surface area contributed by atoms with Crippen molar-refractivity contribution in [1.29, 1.82) is 0 Å². The van der Waals surface area contributed by atoms with E-state index in [1.54, 1.807) is 6.20 Å². The lowest BCUT2D eigenvalue weighted by Crippen LogP contribution is -2.11. The maximum atomic E-state index is 4.20.